The Morgan fingerprint density at radius 2 is 1.43 bits per heavy atom. The number of benzene rings is 2. The number of carboxylic acid groups (broad SMARTS) is 1. The summed E-state index contributed by atoms with van der Waals surface area (Å²) in [5.74, 6) is -3.79. The molecule has 0 aliphatic carbocycles. The lowest BCUT2D eigenvalue weighted by Gasteiger charge is -2.29. The molecule has 0 heterocycles. The number of rotatable bonds is 13. The highest BCUT2D eigenvalue weighted by atomic mass is 16.4. The Labute approximate surface area is 214 Å². The van der Waals surface area contributed by atoms with Gasteiger partial charge in [-0.05, 0) is 29.7 Å². The lowest BCUT2D eigenvalue weighted by atomic mass is 10.0. The second-order valence-electron chi connectivity index (χ2n) is 8.66. The Balaban J connectivity index is 2.23. The summed E-state index contributed by atoms with van der Waals surface area (Å²) < 4.78 is 0. The van der Waals surface area contributed by atoms with Crippen LogP contribution in [0.4, 0.5) is 0 Å². The standard InChI is InChI=1S/C26H32N4O7/c1-16(31)30(2)22(15-18-8-10-19(32)11-9-18)26(37)28-20(12-13-23(33)34)25(36)29-21(24(27)35)14-17-6-4-3-5-7-17/h3-11,20-22,32H,12-15H2,1-2H3,(H2,27,35)(H,28,37)(H,29,36)(H,33,34)/t20-,21-,22-/m0/s1. The lowest BCUT2D eigenvalue weighted by molar-refractivity contribution is -0.140. The van der Waals surface area contributed by atoms with E-state index in [1.165, 1.54) is 31.0 Å². The van der Waals surface area contributed by atoms with Gasteiger partial charge in [0.1, 0.15) is 23.9 Å². The van der Waals surface area contributed by atoms with Crippen molar-refractivity contribution in [3.63, 3.8) is 0 Å². The fourth-order valence-electron chi connectivity index (χ4n) is 3.63. The maximum atomic E-state index is 13.3. The number of carbonyl (C=O) groups excluding carboxylic acids is 4. The van der Waals surface area contributed by atoms with Crippen molar-refractivity contribution in [3.05, 3.63) is 65.7 Å². The number of aromatic hydroxyl groups is 1. The van der Waals surface area contributed by atoms with Gasteiger partial charge in [-0.25, -0.2) is 0 Å². The lowest BCUT2D eigenvalue weighted by Crippen LogP contribution is -2.57. The number of phenols is 1. The summed E-state index contributed by atoms with van der Waals surface area (Å²) in [6, 6.07) is 11.5. The summed E-state index contributed by atoms with van der Waals surface area (Å²) in [5.41, 5.74) is 6.87. The molecule has 3 atom stereocenters. The van der Waals surface area contributed by atoms with Crippen molar-refractivity contribution in [1.82, 2.24) is 15.5 Å². The monoisotopic (exact) mass is 512 g/mol. The SMILES string of the molecule is CC(=O)N(C)[C@@H](Cc1ccc(O)cc1)C(=O)N[C@@H](CCC(=O)O)C(=O)N[C@@H](Cc1ccccc1)C(N)=O. The number of nitrogens with one attached hydrogen (secondary N) is 2. The highest BCUT2D eigenvalue weighted by Crippen LogP contribution is 2.14. The van der Waals surface area contributed by atoms with E-state index in [0.717, 1.165) is 5.56 Å². The molecule has 37 heavy (non-hydrogen) atoms. The fourth-order valence-corrected chi connectivity index (χ4v) is 3.63. The minimum Gasteiger partial charge on any atom is -0.508 e. The normalized spacial score (nSPS) is 13.0. The molecule has 4 amide bonds. The third-order valence-electron chi connectivity index (χ3n) is 5.85. The molecule has 11 nitrogen and oxygen atoms in total. The average Bonchev–Trinajstić information content (AvgIpc) is 2.85. The largest absolute Gasteiger partial charge is 0.508 e. The number of likely N-dealkylation sites (N-methyl/N-ethyl adjacent to an activating group) is 1. The number of primary amides is 1. The number of nitrogens with two attached hydrogens (primary N) is 1. The second-order valence-corrected chi connectivity index (χ2v) is 8.66. The molecule has 0 bridgehead atoms. The van der Waals surface area contributed by atoms with Gasteiger partial charge in [-0.2, -0.15) is 0 Å². The van der Waals surface area contributed by atoms with Crippen molar-refractivity contribution >= 4 is 29.6 Å². The van der Waals surface area contributed by atoms with Crippen molar-refractivity contribution in [1.29, 1.82) is 0 Å². The molecule has 6 N–H and O–H groups in total. The van der Waals surface area contributed by atoms with Gasteiger partial charge in [0.2, 0.25) is 23.6 Å². The number of hydrogen-bond donors (Lipinski definition) is 5. The van der Waals surface area contributed by atoms with Crippen molar-refractivity contribution in [2.24, 2.45) is 5.73 Å². The van der Waals surface area contributed by atoms with E-state index in [-0.39, 0.29) is 25.0 Å². The minimum absolute atomic E-state index is 0.0367. The van der Waals surface area contributed by atoms with Crippen LogP contribution in [0.2, 0.25) is 0 Å². The van der Waals surface area contributed by atoms with Crippen LogP contribution in [0, 0.1) is 0 Å². The van der Waals surface area contributed by atoms with Crippen LogP contribution in [0.1, 0.15) is 30.9 Å². The first-order valence-corrected chi connectivity index (χ1v) is 11.6. The summed E-state index contributed by atoms with van der Waals surface area (Å²) in [5, 5.41) is 23.7. The maximum Gasteiger partial charge on any atom is 0.303 e. The van der Waals surface area contributed by atoms with Crippen molar-refractivity contribution < 1.29 is 34.2 Å². The summed E-state index contributed by atoms with van der Waals surface area (Å²) in [6.07, 6.45) is -0.492. The van der Waals surface area contributed by atoms with E-state index in [2.05, 4.69) is 10.6 Å². The average molecular weight is 513 g/mol. The Morgan fingerprint density at radius 1 is 0.865 bits per heavy atom. The van der Waals surface area contributed by atoms with Gasteiger partial charge in [-0.3, -0.25) is 24.0 Å². The first kappa shape index (κ1) is 28.8. The van der Waals surface area contributed by atoms with Crippen molar-refractivity contribution in [3.8, 4) is 5.75 Å². The molecule has 0 saturated carbocycles. The first-order valence-electron chi connectivity index (χ1n) is 11.6. The first-order chi connectivity index (χ1) is 17.5. The Bertz CT molecular complexity index is 1110. The van der Waals surface area contributed by atoms with E-state index >= 15 is 0 Å². The van der Waals surface area contributed by atoms with Gasteiger partial charge in [0.25, 0.3) is 0 Å². The van der Waals surface area contributed by atoms with E-state index in [1.807, 2.05) is 0 Å². The van der Waals surface area contributed by atoms with Crippen LogP contribution in [0.25, 0.3) is 0 Å². The summed E-state index contributed by atoms with van der Waals surface area (Å²) >= 11 is 0. The van der Waals surface area contributed by atoms with Gasteiger partial charge < -0.3 is 31.5 Å². The molecule has 11 heteroatoms. The predicted molar refractivity (Wildman–Crippen MR) is 134 cm³/mol. The molecule has 0 fully saturated rings. The van der Waals surface area contributed by atoms with Gasteiger partial charge in [0, 0.05) is 33.2 Å². The zero-order valence-electron chi connectivity index (χ0n) is 20.7. The van der Waals surface area contributed by atoms with Gasteiger partial charge in [0.05, 0.1) is 0 Å². The summed E-state index contributed by atoms with van der Waals surface area (Å²) in [7, 11) is 1.43. The Morgan fingerprint density at radius 3 is 1.97 bits per heavy atom. The van der Waals surface area contributed by atoms with E-state index < -0.39 is 54.1 Å². The van der Waals surface area contributed by atoms with Gasteiger partial charge in [-0.1, -0.05) is 42.5 Å². The minimum atomic E-state index is -1.30. The number of phenolic OH excluding ortho intramolecular Hbond substituents is 1. The summed E-state index contributed by atoms with van der Waals surface area (Å²) in [6.45, 7) is 1.28. The zero-order valence-corrected chi connectivity index (χ0v) is 20.7. The molecule has 198 valence electrons. The zero-order chi connectivity index (χ0) is 27.5. The smallest absolute Gasteiger partial charge is 0.303 e. The van der Waals surface area contributed by atoms with Gasteiger partial charge in [0.15, 0.2) is 0 Å². The van der Waals surface area contributed by atoms with Crippen molar-refractivity contribution in [2.75, 3.05) is 7.05 Å². The number of aliphatic carboxylic acids is 1. The molecule has 0 aliphatic heterocycles. The van der Waals surface area contributed by atoms with Crippen LogP contribution < -0.4 is 16.4 Å². The van der Waals surface area contributed by atoms with Crippen LogP contribution in [0.15, 0.2) is 54.6 Å². The van der Waals surface area contributed by atoms with Gasteiger partial charge >= 0.3 is 5.97 Å². The molecular formula is C26H32N4O7. The molecule has 0 unspecified atom stereocenters. The number of nitrogens with zero attached hydrogens (tertiary/aromatic N) is 1. The molecule has 0 radical (unpaired) electrons. The van der Waals surface area contributed by atoms with E-state index in [1.54, 1.807) is 42.5 Å². The molecule has 0 aliphatic rings. The van der Waals surface area contributed by atoms with Crippen LogP contribution in [0.5, 0.6) is 5.75 Å². The van der Waals surface area contributed by atoms with Crippen LogP contribution >= 0.6 is 0 Å². The topological polar surface area (TPSA) is 179 Å². The number of hydrogen-bond acceptors (Lipinski definition) is 6. The maximum absolute atomic E-state index is 13.3. The molecule has 2 aromatic rings. The predicted octanol–water partition coefficient (Wildman–Crippen LogP) is 0.344. The summed E-state index contributed by atoms with van der Waals surface area (Å²) in [4.78, 5) is 62.8. The molecular weight excluding hydrogens is 480 g/mol. The molecule has 0 saturated heterocycles. The number of carbonyl (C=O) groups is 5. The van der Waals surface area contributed by atoms with Gasteiger partial charge in [-0.15, -0.1) is 0 Å². The quantitative estimate of drug-likeness (QED) is 0.257. The van der Waals surface area contributed by atoms with Crippen molar-refractivity contribution in [2.45, 2.75) is 50.7 Å². The molecule has 0 aromatic heterocycles. The Hall–Kier alpha value is -4.41. The number of amides is 4. The fraction of sp³-hybridized carbons (Fsp3) is 0.346. The van der Waals surface area contributed by atoms with Crippen LogP contribution in [-0.2, 0) is 36.8 Å². The third kappa shape index (κ3) is 9.28. The third-order valence-corrected chi connectivity index (χ3v) is 5.85. The number of carboxylic acids is 1. The highest BCUT2D eigenvalue weighted by Gasteiger charge is 2.31. The van der Waals surface area contributed by atoms with E-state index in [4.69, 9.17) is 10.8 Å². The van der Waals surface area contributed by atoms with E-state index in [0.29, 0.717) is 5.56 Å². The molecule has 2 aromatic carbocycles. The van der Waals surface area contributed by atoms with Crippen LogP contribution in [-0.4, -0.2) is 69.9 Å². The Kier molecular flexibility index (Phi) is 10.6. The second kappa shape index (κ2) is 13.6. The molecule has 2 rings (SSSR count). The molecule has 0 spiro atoms. The van der Waals surface area contributed by atoms with E-state index in [9.17, 15) is 29.1 Å². The highest BCUT2D eigenvalue weighted by molar-refractivity contribution is 5.94. The van der Waals surface area contributed by atoms with Crippen LogP contribution in [0.3, 0.4) is 0 Å².